The van der Waals surface area contributed by atoms with Crippen molar-refractivity contribution >= 4 is 10.3 Å². The van der Waals surface area contributed by atoms with Gasteiger partial charge in [0.15, 0.2) is 0 Å². The maximum atomic E-state index is 13.5. The van der Waals surface area contributed by atoms with Crippen LogP contribution in [0.5, 0.6) is 5.75 Å². The molecule has 6 heteroatoms. The molecule has 0 saturated heterocycles. The summed E-state index contributed by atoms with van der Waals surface area (Å²) in [7, 11) is -4.04. The molecule has 0 unspecified atom stereocenters. The first kappa shape index (κ1) is 12.5. The Balaban J connectivity index is 2.31. The maximum Gasteiger partial charge on any atom is 0.380 e. The molecular weight excluding hydrogens is 257 g/mol. The number of nitrogens with two attached hydrogens (primary N) is 1. The lowest BCUT2D eigenvalue weighted by Crippen LogP contribution is -2.18. The smallest absolute Gasteiger partial charge is 0.371 e. The van der Waals surface area contributed by atoms with Gasteiger partial charge in [0.25, 0.3) is 0 Å². The van der Waals surface area contributed by atoms with E-state index in [4.69, 9.17) is 5.14 Å². The minimum absolute atomic E-state index is 0.0811. The van der Waals surface area contributed by atoms with Crippen LogP contribution in [0.3, 0.4) is 0 Å². The molecule has 4 nitrogen and oxygen atoms in total. The highest BCUT2D eigenvalue weighted by molar-refractivity contribution is 7.84. The number of halogens is 1. The van der Waals surface area contributed by atoms with Crippen molar-refractivity contribution in [2.75, 3.05) is 0 Å². The predicted molar refractivity (Wildman–Crippen MR) is 65.6 cm³/mol. The molecule has 0 heterocycles. The van der Waals surface area contributed by atoms with Gasteiger partial charge in [-0.05, 0) is 23.8 Å². The van der Waals surface area contributed by atoms with Gasteiger partial charge in [-0.2, -0.15) is 13.6 Å². The van der Waals surface area contributed by atoms with Crippen LogP contribution in [0.4, 0.5) is 4.39 Å². The summed E-state index contributed by atoms with van der Waals surface area (Å²) in [5.74, 6) is -0.268. The Morgan fingerprint density at radius 1 is 1.00 bits per heavy atom. The fourth-order valence-electron chi connectivity index (χ4n) is 1.52. The summed E-state index contributed by atoms with van der Waals surface area (Å²) in [4.78, 5) is 0. The quantitative estimate of drug-likeness (QED) is 0.925. The van der Waals surface area contributed by atoms with Crippen LogP contribution in [-0.2, 0) is 10.3 Å². The molecule has 0 aliphatic heterocycles. The highest BCUT2D eigenvalue weighted by Gasteiger charge is 2.07. The second-order valence-electron chi connectivity index (χ2n) is 3.58. The summed E-state index contributed by atoms with van der Waals surface area (Å²) in [5, 5.41) is 4.73. The summed E-state index contributed by atoms with van der Waals surface area (Å²) in [6.07, 6.45) is 0. The molecule has 0 aliphatic carbocycles. The molecule has 2 aromatic carbocycles. The highest BCUT2D eigenvalue weighted by Crippen LogP contribution is 2.24. The molecule has 0 fully saturated rings. The van der Waals surface area contributed by atoms with Crippen molar-refractivity contribution in [2.24, 2.45) is 5.14 Å². The lowest BCUT2D eigenvalue weighted by atomic mass is 10.1. The predicted octanol–water partition coefficient (Wildman–Crippen LogP) is 2.07. The molecule has 2 aromatic rings. The van der Waals surface area contributed by atoms with Crippen LogP contribution in [0.25, 0.3) is 11.1 Å². The van der Waals surface area contributed by atoms with Gasteiger partial charge in [0.2, 0.25) is 0 Å². The standard InChI is InChI=1S/C12H10FNO3S/c13-12-4-2-1-3-11(12)9-5-7-10(8-6-9)17-18(14,15)16/h1-8H,(H2,14,15,16). The lowest BCUT2D eigenvalue weighted by molar-refractivity contribution is 0.488. The van der Waals surface area contributed by atoms with Gasteiger partial charge in [-0.1, -0.05) is 30.3 Å². The van der Waals surface area contributed by atoms with Crippen molar-refractivity contribution in [1.29, 1.82) is 0 Å². The molecule has 0 aromatic heterocycles. The first-order valence-corrected chi connectivity index (χ1v) is 6.50. The van der Waals surface area contributed by atoms with E-state index in [0.717, 1.165) is 0 Å². The zero-order valence-corrected chi connectivity index (χ0v) is 10.0. The van der Waals surface area contributed by atoms with Crippen LogP contribution in [0, 0.1) is 5.82 Å². The van der Waals surface area contributed by atoms with Gasteiger partial charge in [0.05, 0.1) is 0 Å². The molecule has 0 spiro atoms. The van der Waals surface area contributed by atoms with E-state index in [1.165, 1.54) is 18.2 Å². The van der Waals surface area contributed by atoms with Crippen LogP contribution in [0.2, 0.25) is 0 Å². The van der Waals surface area contributed by atoms with Crippen molar-refractivity contribution in [2.45, 2.75) is 0 Å². The minimum atomic E-state index is -4.04. The summed E-state index contributed by atoms with van der Waals surface area (Å²) in [6.45, 7) is 0. The second-order valence-corrected chi connectivity index (χ2v) is 4.73. The lowest BCUT2D eigenvalue weighted by Gasteiger charge is -2.05. The van der Waals surface area contributed by atoms with E-state index in [-0.39, 0.29) is 11.6 Å². The van der Waals surface area contributed by atoms with Gasteiger partial charge in [0, 0.05) is 5.56 Å². The zero-order valence-electron chi connectivity index (χ0n) is 9.21. The van der Waals surface area contributed by atoms with E-state index in [2.05, 4.69) is 4.18 Å². The van der Waals surface area contributed by atoms with E-state index in [9.17, 15) is 12.8 Å². The summed E-state index contributed by atoms with van der Waals surface area (Å²) in [5.41, 5.74) is 1.05. The third kappa shape index (κ3) is 3.06. The molecule has 2 rings (SSSR count). The summed E-state index contributed by atoms with van der Waals surface area (Å²) in [6, 6.07) is 12.2. The molecule has 0 bridgehead atoms. The van der Waals surface area contributed by atoms with E-state index in [1.54, 1.807) is 30.3 Å². The Labute approximate surface area is 104 Å². The number of benzene rings is 2. The van der Waals surface area contributed by atoms with Crippen molar-refractivity contribution < 1.29 is 17.0 Å². The molecule has 18 heavy (non-hydrogen) atoms. The van der Waals surface area contributed by atoms with Crippen LogP contribution < -0.4 is 9.32 Å². The summed E-state index contributed by atoms with van der Waals surface area (Å²) < 4.78 is 39.4. The minimum Gasteiger partial charge on any atom is -0.371 e. The van der Waals surface area contributed by atoms with Crippen molar-refractivity contribution in [3.8, 4) is 16.9 Å². The fourth-order valence-corrected chi connectivity index (χ4v) is 1.90. The van der Waals surface area contributed by atoms with Crippen molar-refractivity contribution in [1.82, 2.24) is 0 Å². The Hall–Kier alpha value is -1.92. The Kier molecular flexibility index (Phi) is 3.31. The van der Waals surface area contributed by atoms with Gasteiger partial charge >= 0.3 is 10.3 Å². The Bertz CT molecular complexity index is 653. The van der Waals surface area contributed by atoms with Gasteiger partial charge in [-0.3, -0.25) is 0 Å². The fraction of sp³-hybridized carbons (Fsp3) is 0. The molecule has 0 amide bonds. The van der Waals surface area contributed by atoms with Gasteiger partial charge in [-0.25, -0.2) is 4.39 Å². The third-order valence-corrected chi connectivity index (χ3v) is 2.68. The van der Waals surface area contributed by atoms with Crippen LogP contribution in [-0.4, -0.2) is 8.42 Å². The van der Waals surface area contributed by atoms with Gasteiger partial charge < -0.3 is 4.18 Å². The second kappa shape index (κ2) is 4.75. The van der Waals surface area contributed by atoms with Gasteiger partial charge in [-0.15, -0.1) is 0 Å². The Morgan fingerprint density at radius 2 is 1.61 bits per heavy atom. The normalized spacial score (nSPS) is 11.2. The van der Waals surface area contributed by atoms with E-state index in [1.807, 2.05) is 0 Å². The van der Waals surface area contributed by atoms with Gasteiger partial charge in [0.1, 0.15) is 11.6 Å². The highest BCUT2D eigenvalue weighted by atomic mass is 32.2. The molecule has 94 valence electrons. The maximum absolute atomic E-state index is 13.5. The van der Waals surface area contributed by atoms with Crippen molar-refractivity contribution in [3.63, 3.8) is 0 Å². The van der Waals surface area contributed by atoms with E-state index < -0.39 is 10.3 Å². The number of hydrogen-bond donors (Lipinski definition) is 1. The summed E-state index contributed by atoms with van der Waals surface area (Å²) >= 11 is 0. The molecule has 0 radical (unpaired) electrons. The van der Waals surface area contributed by atoms with Crippen LogP contribution in [0.15, 0.2) is 48.5 Å². The molecule has 0 aliphatic rings. The largest absolute Gasteiger partial charge is 0.380 e. The number of rotatable bonds is 3. The molecular formula is C12H10FNO3S. The topological polar surface area (TPSA) is 69.4 Å². The number of hydrogen-bond acceptors (Lipinski definition) is 3. The third-order valence-electron chi connectivity index (χ3n) is 2.25. The SMILES string of the molecule is NS(=O)(=O)Oc1ccc(-c2ccccc2F)cc1. The first-order valence-electron chi connectivity index (χ1n) is 5.03. The molecule has 0 atom stereocenters. The average Bonchev–Trinajstić information content (AvgIpc) is 2.29. The molecule has 0 saturated carbocycles. The van der Waals surface area contributed by atoms with E-state index in [0.29, 0.717) is 11.1 Å². The zero-order chi connectivity index (χ0) is 13.2. The van der Waals surface area contributed by atoms with E-state index >= 15 is 0 Å². The average molecular weight is 267 g/mol. The van der Waals surface area contributed by atoms with Crippen molar-refractivity contribution in [3.05, 3.63) is 54.3 Å². The van der Waals surface area contributed by atoms with Crippen LogP contribution >= 0.6 is 0 Å². The monoisotopic (exact) mass is 267 g/mol. The Morgan fingerprint density at radius 3 is 2.17 bits per heavy atom. The first-order chi connectivity index (χ1) is 8.46. The molecule has 2 N–H and O–H groups in total. The van der Waals surface area contributed by atoms with Crippen LogP contribution in [0.1, 0.15) is 0 Å².